The van der Waals surface area contributed by atoms with E-state index in [1.807, 2.05) is 0 Å². The lowest BCUT2D eigenvalue weighted by molar-refractivity contribution is 0.0690. The molecule has 6 nitrogen and oxygen atoms in total. The van der Waals surface area contributed by atoms with Crippen molar-refractivity contribution in [1.29, 1.82) is 0 Å². The minimum absolute atomic E-state index is 0.128. The van der Waals surface area contributed by atoms with Gasteiger partial charge in [-0.25, -0.2) is 14.3 Å². The van der Waals surface area contributed by atoms with Crippen molar-refractivity contribution in [2.75, 3.05) is 0 Å². The largest absolute Gasteiger partial charge is 0.477 e. The Hall–Kier alpha value is -2.05. The number of aromatic nitrogens is 3. The van der Waals surface area contributed by atoms with Crippen LogP contribution < -0.4 is 5.56 Å². The van der Waals surface area contributed by atoms with Crippen LogP contribution in [0.4, 0.5) is 0 Å². The summed E-state index contributed by atoms with van der Waals surface area (Å²) >= 11 is 11.7. The van der Waals surface area contributed by atoms with E-state index < -0.39 is 11.5 Å². The van der Waals surface area contributed by atoms with E-state index in [0.717, 1.165) is 4.52 Å². The minimum Gasteiger partial charge on any atom is -0.477 e. The first-order valence-electron chi connectivity index (χ1n) is 5.11. The maximum Gasteiger partial charge on any atom is 0.353 e. The lowest BCUT2D eigenvalue weighted by Gasteiger charge is -2.01. The van der Waals surface area contributed by atoms with Gasteiger partial charge in [0.1, 0.15) is 5.69 Å². The fourth-order valence-electron chi connectivity index (χ4n) is 1.79. The van der Waals surface area contributed by atoms with Crippen molar-refractivity contribution >= 4 is 45.7 Å². The third-order valence-electron chi connectivity index (χ3n) is 2.67. The highest BCUT2D eigenvalue weighted by Crippen LogP contribution is 2.25. The zero-order valence-corrected chi connectivity index (χ0v) is 10.7. The summed E-state index contributed by atoms with van der Waals surface area (Å²) in [6.07, 6.45) is 0. The summed E-state index contributed by atoms with van der Waals surface area (Å²) in [5.74, 6) is -1.18. The highest BCUT2D eigenvalue weighted by molar-refractivity contribution is 6.42. The molecule has 0 spiro atoms. The molecule has 2 N–H and O–H groups in total. The quantitative estimate of drug-likeness (QED) is 0.720. The Kier molecular flexibility index (Phi) is 2.51. The van der Waals surface area contributed by atoms with Gasteiger partial charge in [0.25, 0.3) is 5.56 Å². The van der Waals surface area contributed by atoms with Gasteiger partial charge in [0.2, 0.25) is 0 Å². The van der Waals surface area contributed by atoms with E-state index in [4.69, 9.17) is 28.3 Å². The molecule has 0 saturated carbocycles. The first-order chi connectivity index (χ1) is 8.97. The molecule has 0 fully saturated rings. The molecular weight excluding hydrogens is 293 g/mol. The van der Waals surface area contributed by atoms with Gasteiger partial charge in [0, 0.05) is 6.07 Å². The number of H-pyrrole nitrogens is 1. The summed E-state index contributed by atoms with van der Waals surface area (Å²) in [4.78, 5) is 27.2. The van der Waals surface area contributed by atoms with Crippen LogP contribution in [0.25, 0.3) is 16.6 Å². The number of aromatic carboxylic acids is 1. The van der Waals surface area contributed by atoms with Crippen molar-refractivity contribution in [2.45, 2.75) is 0 Å². The van der Waals surface area contributed by atoms with E-state index in [1.54, 1.807) is 0 Å². The van der Waals surface area contributed by atoms with Crippen molar-refractivity contribution < 1.29 is 9.90 Å². The molecule has 1 aromatic carbocycles. The molecule has 8 heteroatoms. The number of aromatic amines is 1. The summed E-state index contributed by atoms with van der Waals surface area (Å²) in [6, 6.07) is 4.14. The first-order valence-corrected chi connectivity index (χ1v) is 5.87. The van der Waals surface area contributed by atoms with E-state index in [2.05, 4.69) is 10.1 Å². The summed E-state index contributed by atoms with van der Waals surface area (Å²) < 4.78 is 1.05. The number of carbonyl (C=O) groups is 1. The molecule has 3 rings (SSSR count). The summed E-state index contributed by atoms with van der Waals surface area (Å²) in [5, 5.41) is 12.1. The number of fused-ring (bicyclic) bond motifs is 2. The molecule has 0 saturated heterocycles. The third-order valence-corrected chi connectivity index (χ3v) is 3.39. The second-order valence-corrected chi connectivity index (χ2v) is 4.68. The van der Waals surface area contributed by atoms with Gasteiger partial charge < -0.3 is 5.11 Å². The van der Waals surface area contributed by atoms with Crippen LogP contribution in [-0.2, 0) is 0 Å². The van der Waals surface area contributed by atoms with Crippen LogP contribution in [0.2, 0.25) is 10.0 Å². The molecule has 2 heterocycles. The maximum atomic E-state index is 12.2. The average Bonchev–Trinajstić information content (AvgIpc) is 2.76. The number of halogens is 2. The fraction of sp³-hybridized carbons (Fsp3) is 0. The van der Waals surface area contributed by atoms with E-state index in [9.17, 15) is 9.59 Å². The Morgan fingerprint density at radius 1 is 1.26 bits per heavy atom. The van der Waals surface area contributed by atoms with Crippen molar-refractivity contribution in [2.24, 2.45) is 0 Å². The number of benzene rings is 1. The van der Waals surface area contributed by atoms with Gasteiger partial charge in [0.05, 0.1) is 20.9 Å². The van der Waals surface area contributed by atoms with Gasteiger partial charge in [0.15, 0.2) is 5.65 Å². The molecule has 96 valence electrons. The van der Waals surface area contributed by atoms with Crippen LogP contribution in [0.1, 0.15) is 10.5 Å². The van der Waals surface area contributed by atoms with E-state index in [0.29, 0.717) is 5.52 Å². The lowest BCUT2D eigenvalue weighted by Crippen LogP contribution is -2.15. The molecular formula is C11H5Cl2N3O3. The molecule has 0 radical (unpaired) electrons. The number of carboxylic acids is 1. The van der Waals surface area contributed by atoms with E-state index in [1.165, 1.54) is 18.2 Å². The number of carboxylic acid groups (broad SMARTS) is 1. The van der Waals surface area contributed by atoms with Gasteiger partial charge in [-0.1, -0.05) is 23.2 Å². The molecule has 3 aromatic rings. The zero-order chi connectivity index (χ0) is 13.7. The number of hydrogen-bond acceptors (Lipinski definition) is 3. The van der Waals surface area contributed by atoms with Crippen LogP contribution in [0.5, 0.6) is 0 Å². The molecule has 0 aliphatic rings. The van der Waals surface area contributed by atoms with Crippen LogP contribution in [-0.4, -0.2) is 25.7 Å². The Bertz CT molecular complexity index is 897. The average molecular weight is 298 g/mol. The predicted octanol–water partition coefficient (Wildman–Crippen LogP) is 2.18. The summed E-state index contributed by atoms with van der Waals surface area (Å²) in [7, 11) is 0. The first kappa shape index (κ1) is 12.0. The zero-order valence-electron chi connectivity index (χ0n) is 9.15. The van der Waals surface area contributed by atoms with Crippen LogP contribution >= 0.6 is 23.2 Å². The Morgan fingerprint density at radius 3 is 2.63 bits per heavy atom. The van der Waals surface area contributed by atoms with E-state index in [-0.39, 0.29) is 26.8 Å². The molecule has 0 bridgehead atoms. The van der Waals surface area contributed by atoms with E-state index >= 15 is 0 Å². The highest BCUT2D eigenvalue weighted by atomic mass is 35.5. The van der Waals surface area contributed by atoms with Crippen LogP contribution in [0.15, 0.2) is 23.0 Å². The molecule has 19 heavy (non-hydrogen) atoms. The molecule has 0 amide bonds. The van der Waals surface area contributed by atoms with Gasteiger partial charge in [-0.15, -0.1) is 0 Å². The number of hydrogen-bond donors (Lipinski definition) is 2. The van der Waals surface area contributed by atoms with Crippen LogP contribution in [0.3, 0.4) is 0 Å². The third kappa shape index (κ3) is 1.76. The van der Waals surface area contributed by atoms with Gasteiger partial charge in [-0.2, -0.15) is 0 Å². The molecule has 2 aromatic heterocycles. The number of nitrogens with one attached hydrogen (secondary N) is 1. The standard InChI is InChI=1S/C11H5Cl2N3O3/c12-5-1-4-7(2-6(5)13)14-9-3-8(11(18)19)15-16(9)10(4)17/h1-3,15H,(H,18,19). The monoisotopic (exact) mass is 297 g/mol. The number of rotatable bonds is 1. The van der Waals surface area contributed by atoms with Crippen LogP contribution in [0, 0.1) is 0 Å². The summed E-state index contributed by atoms with van der Waals surface area (Å²) in [5.41, 5.74) is -0.00760. The lowest BCUT2D eigenvalue weighted by atomic mass is 10.2. The van der Waals surface area contributed by atoms with Crippen molar-refractivity contribution in [3.8, 4) is 0 Å². The molecule has 0 aliphatic heterocycles. The Labute approximate surface area is 115 Å². The highest BCUT2D eigenvalue weighted by Gasteiger charge is 2.13. The minimum atomic E-state index is -1.18. The topological polar surface area (TPSA) is 87.5 Å². The predicted molar refractivity (Wildman–Crippen MR) is 70.3 cm³/mol. The van der Waals surface area contributed by atoms with Crippen molar-refractivity contribution in [1.82, 2.24) is 14.6 Å². The Morgan fingerprint density at radius 2 is 1.95 bits per heavy atom. The second kappa shape index (κ2) is 3.97. The maximum absolute atomic E-state index is 12.2. The molecule has 0 unspecified atom stereocenters. The van der Waals surface area contributed by atoms with Crippen molar-refractivity contribution in [3.05, 3.63) is 44.3 Å². The van der Waals surface area contributed by atoms with Gasteiger partial charge in [-0.05, 0) is 12.1 Å². The van der Waals surface area contributed by atoms with Crippen molar-refractivity contribution in [3.63, 3.8) is 0 Å². The summed E-state index contributed by atoms with van der Waals surface area (Å²) in [6.45, 7) is 0. The Balaban J connectivity index is 2.49. The smallest absolute Gasteiger partial charge is 0.353 e. The fourth-order valence-corrected chi connectivity index (χ4v) is 2.12. The normalized spacial score (nSPS) is 11.3. The van der Waals surface area contributed by atoms with Gasteiger partial charge >= 0.3 is 5.97 Å². The second-order valence-electron chi connectivity index (χ2n) is 3.87. The number of nitrogens with zero attached hydrogens (tertiary/aromatic N) is 2. The SMILES string of the molecule is O=C(O)c1cc2nc3cc(Cl)c(Cl)cc3c(=O)n2[nH]1. The van der Waals surface area contributed by atoms with Gasteiger partial charge in [-0.3, -0.25) is 9.89 Å². The molecule has 0 atom stereocenters. The molecule has 0 aliphatic carbocycles.